The highest BCUT2D eigenvalue weighted by Gasteiger charge is 2.22. The van der Waals surface area contributed by atoms with Crippen LogP contribution < -0.4 is 0 Å². The van der Waals surface area contributed by atoms with E-state index in [1.807, 2.05) is 35.0 Å². The normalized spacial score (nSPS) is 17.5. The van der Waals surface area contributed by atoms with E-state index < -0.39 is 0 Å². The summed E-state index contributed by atoms with van der Waals surface area (Å²) >= 11 is 0. The first-order valence-electron chi connectivity index (χ1n) is 7.45. The maximum Gasteiger partial charge on any atom is 0.170 e. The lowest BCUT2D eigenvalue weighted by Crippen LogP contribution is -2.41. The van der Waals surface area contributed by atoms with Crippen LogP contribution in [0, 0.1) is 0 Å². The maximum atomic E-state index is 4.19. The van der Waals surface area contributed by atoms with Crippen molar-refractivity contribution in [3.8, 4) is 5.69 Å². The Morgan fingerprint density at radius 3 is 2.52 bits per heavy atom. The molecular formula is C15H22N6. The van der Waals surface area contributed by atoms with Gasteiger partial charge in [-0.2, -0.15) is 4.68 Å². The standard InChI is InChI=1S/C15H22N6/c1-19(2)13-8-10-20(11-9-13)12-15-16-17-18-21(15)14-6-4-3-5-7-14/h3-7,13H,8-12H2,1-2H3. The third kappa shape index (κ3) is 3.28. The Balaban J connectivity index is 1.66. The molecule has 0 N–H and O–H groups in total. The Morgan fingerprint density at radius 1 is 1.14 bits per heavy atom. The number of likely N-dealkylation sites (tertiary alicyclic amines) is 1. The van der Waals surface area contributed by atoms with Gasteiger partial charge in [-0.1, -0.05) is 18.2 Å². The lowest BCUT2D eigenvalue weighted by molar-refractivity contribution is 0.137. The van der Waals surface area contributed by atoms with Crippen molar-refractivity contribution in [3.63, 3.8) is 0 Å². The molecule has 2 aromatic rings. The van der Waals surface area contributed by atoms with Gasteiger partial charge in [-0.05, 0) is 49.5 Å². The van der Waals surface area contributed by atoms with Crippen LogP contribution in [0.2, 0.25) is 0 Å². The van der Waals surface area contributed by atoms with Crippen LogP contribution in [0.3, 0.4) is 0 Å². The monoisotopic (exact) mass is 286 g/mol. The summed E-state index contributed by atoms with van der Waals surface area (Å²) in [5, 5.41) is 12.1. The van der Waals surface area contributed by atoms with Gasteiger partial charge in [-0.15, -0.1) is 5.10 Å². The van der Waals surface area contributed by atoms with E-state index in [0.717, 1.165) is 31.1 Å². The summed E-state index contributed by atoms with van der Waals surface area (Å²) in [6, 6.07) is 10.8. The zero-order valence-electron chi connectivity index (χ0n) is 12.7. The Kier molecular flexibility index (Phi) is 4.26. The summed E-state index contributed by atoms with van der Waals surface area (Å²) in [6.45, 7) is 3.01. The number of benzene rings is 1. The molecule has 1 fully saturated rings. The molecule has 0 bridgehead atoms. The maximum absolute atomic E-state index is 4.19. The second-order valence-corrected chi connectivity index (χ2v) is 5.81. The molecule has 1 saturated heterocycles. The van der Waals surface area contributed by atoms with Crippen molar-refractivity contribution in [3.05, 3.63) is 36.2 Å². The van der Waals surface area contributed by atoms with E-state index >= 15 is 0 Å². The Bertz CT molecular complexity index is 557. The molecule has 0 unspecified atom stereocenters. The summed E-state index contributed by atoms with van der Waals surface area (Å²) in [7, 11) is 4.33. The summed E-state index contributed by atoms with van der Waals surface area (Å²) in [5.41, 5.74) is 1.01. The first kappa shape index (κ1) is 14.2. The van der Waals surface area contributed by atoms with Crippen LogP contribution in [0.4, 0.5) is 0 Å². The lowest BCUT2D eigenvalue weighted by atomic mass is 10.0. The zero-order valence-corrected chi connectivity index (χ0v) is 12.7. The molecule has 2 heterocycles. The molecule has 0 amide bonds. The zero-order chi connectivity index (χ0) is 14.7. The fourth-order valence-electron chi connectivity index (χ4n) is 2.87. The van der Waals surface area contributed by atoms with E-state index in [-0.39, 0.29) is 0 Å². The highest BCUT2D eigenvalue weighted by Crippen LogP contribution is 2.16. The molecule has 1 aliphatic rings. The molecule has 1 aromatic carbocycles. The van der Waals surface area contributed by atoms with Crippen LogP contribution in [0.5, 0.6) is 0 Å². The Morgan fingerprint density at radius 2 is 1.86 bits per heavy atom. The van der Waals surface area contributed by atoms with Crippen LogP contribution in [0.25, 0.3) is 5.69 Å². The number of hydrogen-bond acceptors (Lipinski definition) is 5. The molecule has 0 atom stereocenters. The van der Waals surface area contributed by atoms with E-state index in [1.54, 1.807) is 0 Å². The summed E-state index contributed by atoms with van der Waals surface area (Å²) in [6.07, 6.45) is 2.42. The lowest BCUT2D eigenvalue weighted by Gasteiger charge is -2.34. The minimum Gasteiger partial charge on any atom is -0.306 e. The van der Waals surface area contributed by atoms with Crippen molar-refractivity contribution in [1.29, 1.82) is 0 Å². The quantitative estimate of drug-likeness (QED) is 0.845. The molecule has 1 aliphatic heterocycles. The fraction of sp³-hybridized carbons (Fsp3) is 0.533. The molecule has 0 spiro atoms. The number of piperidine rings is 1. The van der Waals surface area contributed by atoms with E-state index in [2.05, 4.69) is 39.4 Å². The number of rotatable bonds is 4. The number of nitrogens with zero attached hydrogens (tertiary/aromatic N) is 6. The predicted octanol–water partition coefficient (Wildman–Crippen LogP) is 1.19. The van der Waals surface area contributed by atoms with Crippen LogP contribution in [-0.2, 0) is 6.54 Å². The first-order chi connectivity index (χ1) is 10.2. The smallest absolute Gasteiger partial charge is 0.170 e. The highest BCUT2D eigenvalue weighted by atomic mass is 15.5. The minimum atomic E-state index is 0.700. The van der Waals surface area contributed by atoms with Gasteiger partial charge in [0.25, 0.3) is 0 Å². The van der Waals surface area contributed by atoms with Gasteiger partial charge in [0.15, 0.2) is 5.82 Å². The van der Waals surface area contributed by atoms with Crippen molar-refractivity contribution in [2.75, 3.05) is 27.2 Å². The van der Waals surface area contributed by atoms with E-state index in [9.17, 15) is 0 Å². The first-order valence-corrected chi connectivity index (χ1v) is 7.45. The molecular weight excluding hydrogens is 264 g/mol. The SMILES string of the molecule is CN(C)C1CCN(Cc2nnnn2-c2ccccc2)CC1. The van der Waals surface area contributed by atoms with Crippen LogP contribution in [0.1, 0.15) is 18.7 Å². The van der Waals surface area contributed by atoms with Gasteiger partial charge >= 0.3 is 0 Å². The van der Waals surface area contributed by atoms with Gasteiger partial charge in [-0.3, -0.25) is 4.90 Å². The van der Waals surface area contributed by atoms with Crippen molar-refractivity contribution >= 4 is 0 Å². The number of hydrogen-bond donors (Lipinski definition) is 0. The molecule has 0 aliphatic carbocycles. The topological polar surface area (TPSA) is 50.1 Å². The molecule has 6 heteroatoms. The van der Waals surface area contributed by atoms with Gasteiger partial charge in [0, 0.05) is 19.1 Å². The molecule has 1 aromatic heterocycles. The van der Waals surface area contributed by atoms with Crippen molar-refractivity contribution in [1.82, 2.24) is 30.0 Å². The van der Waals surface area contributed by atoms with E-state index in [4.69, 9.17) is 0 Å². The second kappa shape index (κ2) is 6.32. The van der Waals surface area contributed by atoms with E-state index in [0.29, 0.717) is 6.04 Å². The third-order valence-corrected chi connectivity index (χ3v) is 4.19. The van der Waals surface area contributed by atoms with Crippen molar-refractivity contribution < 1.29 is 0 Å². The van der Waals surface area contributed by atoms with Crippen molar-refractivity contribution in [2.24, 2.45) is 0 Å². The average Bonchev–Trinajstić information content (AvgIpc) is 2.97. The molecule has 6 nitrogen and oxygen atoms in total. The number of aromatic nitrogens is 4. The molecule has 0 radical (unpaired) electrons. The number of para-hydroxylation sites is 1. The molecule has 21 heavy (non-hydrogen) atoms. The second-order valence-electron chi connectivity index (χ2n) is 5.81. The van der Waals surface area contributed by atoms with Crippen LogP contribution >= 0.6 is 0 Å². The van der Waals surface area contributed by atoms with Gasteiger partial charge in [0.2, 0.25) is 0 Å². The largest absolute Gasteiger partial charge is 0.306 e. The average molecular weight is 286 g/mol. The fourth-order valence-corrected chi connectivity index (χ4v) is 2.87. The number of tetrazole rings is 1. The van der Waals surface area contributed by atoms with Crippen LogP contribution in [0.15, 0.2) is 30.3 Å². The highest BCUT2D eigenvalue weighted by molar-refractivity contribution is 5.30. The van der Waals surface area contributed by atoms with Gasteiger partial charge < -0.3 is 4.90 Å². The summed E-state index contributed by atoms with van der Waals surface area (Å²) in [5.74, 6) is 0.907. The Hall–Kier alpha value is -1.79. The summed E-state index contributed by atoms with van der Waals surface area (Å²) < 4.78 is 1.83. The van der Waals surface area contributed by atoms with Gasteiger partial charge in [0.1, 0.15) is 0 Å². The Labute approximate surface area is 125 Å². The minimum absolute atomic E-state index is 0.700. The van der Waals surface area contributed by atoms with E-state index in [1.165, 1.54) is 12.8 Å². The summed E-state index contributed by atoms with van der Waals surface area (Å²) in [4.78, 5) is 4.76. The van der Waals surface area contributed by atoms with Crippen molar-refractivity contribution in [2.45, 2.75) is 25.4 Å². The molecule has 112 valence electrons. The molecule has 0 saturated carbocycles. The third-order valence-electron chi connectivity index (χ3n) is 4.19. The molecule has 3 rings (SSSR count). The van der Waals surface area contributed by atoms with Crippen LogP contribution in [-0.4, -0.2) is 63.2 Å². The predicted molar refractivity (Wildman–Crippen MR) is 81.1 cm³/mol. The van der Waals surface area contributed by atoms with Gasteiger partial charge in [0.05, 0.1) is 12.2 Å². The van der Waals surface area contributed by atoms with Gasteiger partial charge in [-0.25, -0.2) is 0 Å².